The Balaban J connectivity index is 1.55. The van der Waals surface area contributed by atoms with Crippen LogP contribution in [-0.2, 0) is 0 Å². The lowest BCUT2D eigenvalue weighted by Gasteiger charge is -2.26. The van der Waals surface area contributed by atoms with Gasteiger partial charge in [0, 0.05) is 37.2 Å². The Morgan fingerprint density at radius 1 is 1.27 bits per heavy atom. The number of ether oxygens (including phenoxy) is 2. The van der Waals surface area contributed by atoms with Gasteiger partial charge in [-0.25, -0.2) is 5.43 Å². The first-order chi connectivity index (χ1) is 10.8. The lowest BCUT2D eigenvalue weighted by atomic mass is 10.1. The summed E-state index contributed by atoms with van der Waals surface area (Å²) < 4.78 is 10.5. The molecule has 1 aromatic carbocycles. The molecule has 1 fully saturated rings. The van der Waals surface area contributed by atoms with E-state index in [9.17, 15) is 4.79 Å². The second-order valence-corrected chi connectivity index (χ2v) is 5.53. The molecule has 1 saturated heterocycles. The van der Waals surface area contributed by atoms with Gasteiger partial charge >= 0.3 is 0 Å². The number of rotatable bonds is 4. The van der Waals surface area contributed by atoms with E-state index in [1.165, 1.54) is 6.42 Å². The van der Waals surface area contributed by atoms with Gasteiger partial charge in [-0.05, 0) is 31.2 Å². The van der Waals surface area contributed by atoms with Gasteiger partial charge < -0.3 is 14.4 Å². The molecule has 0 radical (unpaired) electrons. The molecule has 6 nitrogen and oxygen atoms in total. The summed E-state index contributed by atoms with van der Waals surface area (Å²) in [4.78, 5) is 14.6. The zero-order valence-electron chi connectivity index (χ0n) is 12.8. The minimum atomic E-state index is -0.221. The summed E-state index contributed by atoms with van der Waals surface area (Å²) in [5, 5.41) is 4.27. The van der Waals surface area contributed by atoms with Crippen molar-refractivity contribution in [1.29, 1.82) is 0 Å². The van der Waals surface area contributed by atoms with Crippen molar-refractivity contribution in [1.82, 2.24) is 10.3 Å². The average molecular weight is 303 g/mol. The van der Waals surface area contributed by atoms with Crippen LogP contribution in [0.15, 0.2) is 23.3 Å². The van der Waals surface area contributed by atoms with Crippen molar-refractivity contribution < 1.29 is 14.3 Å². The molecule has 0 saturated carbocycles. The molecule has 2 aliphatic heterocycles. The van der Waals surface area contributed by atoms with E-state index in [4.69, 9.17) is 9.47 Å². The van der Waals surface area contributed by atoms with E-state index in [-0.39, 0.29) is 12.7 Å². The highest BCUT2D eigenvalue weighted by Crippen LogP contribution is 2.32. The fourth-order valence-corrected chi connectivity index (χ4v) is 2.69. The highest BCUT2D eigenvalue weighted by atomic mass is 16.7. The summed E-state index contributed by atoms with van der Waals surface area (Å²) in [6.07, 6.45) is 3.01. The maximum atomic E-state index is 12.1. The molecule has 22 heavy (non-hydrogen) atoms. The van der Waals surface area contributed by atoms with Gasteiger partial charge in [-0.15, -0.1) is 0 Å². The van der Waals surface area contributed by atoms with Crippen LogP contribution in [0.1, 0.15) is 36.5 Å². The number of carbonyl (C=O) groups is 1. The first-order valence-corrected chi connectivity index (χ1v) is 7.74. The molecule has 0 unspecified atom stereocenters. The molecule has 1 N–H and O–H groups in total. The molecule has 0 aliphatic carbocycles. The number of piperidine rings is 1. The van der Waals surface area contributed by atoms with Crippen molar-refractivity contribution in [3.63, 3.8) is 0 Å². The predicted molar refractivity (Wildman–Crippen MR) is 83.4 cm³/mol. The highest BCUT2D eigenvalue weighted by Gasteiger charge is 2.17. The van der Waals surface area contributed by atoms with Crippen molar-refractivity contribution in [3.05, 3.63) is 23.8 Å². The quantitative estimate of drug-likeness (QED) is 0.864. The molecule has 2 aliphatic rings. The van der Waals surface area contributed by atoms with Crippen LogP contribution >= 0.6 is 0 Å². The molecule has 0 bridgehead atoms. The van der Waals surface area contributed by atoms with Crippen LogP contribution in [0, 0.1) is 0 Å². The summed E-state index contributed by atoms with van der Waals surface area (Å²) in [6.45, 7) is 5.57. The minimum Gasteiger partial charge on any atom is -0.454 e. The maximum Gasteiger partial charge on any atom is 0.271 e. The van der Waals surface area contributed by atoms with Gasteiger partial charge in [-0.1, -0.05) is 6.92 Å². The zero-order valence-corrected chi connectivity index (χ0v) is 12.8. The van der Waals surface area contributed by atoms with Crippen LogP contribution in [0.3, 0.4) is 0 Å². The minimum absolute atomic E-state index is 0.205. The first kappa shape index (κ1) is 14.8. The van der Waals surface area contributed by atoms with E-state index in [0.717, 1.165) is 38.2 Å². The van der Waals surface area contributed by atoms with Gasteiger partial charge in [-0.2, -0.15) is 5.10 Å². The normalized spacial score (nSPS) is 17.4. The second kappa shape index (κ2) is 6.79. The van der Waals surface area contributed by atoms with E-state index < -0.39 is 0 Å². The SMILES string of the molecule is CCCN1CCC(=NNC(=O)c2ccc3c(c2)OCO3)CC1. The van der Waals surface area contributed by atoms with Crippen molar-refractivity contribution in [3.8, 4) is 11.5 Å². The molecule has 3 rings (SSSR count). The van der Waals surface area contributed by atoms with Crippen LogP contribution in [0.4, 0.5) is 0 Å². The number of hydrazone groups is 1. The van der Waals surface area contributed by atoms with Gasteiger partial charge in [0.2, 0.25) is 6.79 Å². The van der Waals surface area contributed by atoms with E-state index >= 15 is 0 Å². The molecule has 0 spiro atoms. The molecule has 0 aromatic heterocycles. The molecular weight excluding hydrogens is 282 g/mol. The third-order valence-corrected chi connectivity index (χ3v) is 3.92. The Morgan fingerprint density at radius 3 is 2.82 bits per heavy atom. The Hall–Kier alpha value is -2.08. The van der Waals surface area contributed by atoms with Gasteiger partial charge in [0.1, 0.15) is 0 Å². The van der Waals surface area contributed by atoms with Gasteiger partial charge in [0.05, 0.1) is 0 Å². The summed E-state index contributed by atoms with van der Waals surface area (Å²) in [5.41, 5.74) is 4.22. The Bertz CT molecular complexity index is 576. The summed E-state index contributed by atoms with van der Waals surface area (Å²) in [6, 6.07) is 5.14. The molecule has 118 valence electrons. The number of nitrogens with zero attached hydrogens (tertiary/aromatic N) is 2. The topological polar surface area (TPSA) is 63.2 Å². The van der Waals surface area contributed by atoms with Gasteiger partial charge in [0.15, 0.2) is 11.5 Å². The highest BCUT2D eigenvalue weighted by molar-refractivity contribution is 5.96. The second-order valence-electron chi connectivity index (χ2n) is 5.53. The smallest absolute Gasteiger partial charge is 0.271 e. The van der Waals surface area contributed by atoms with E-state index in [2.05, 4.69) is 22.4 Å². The number of hydrogen-bond acceptors (Lipinski definition) is 5. The van der Waals surface area contributed by atoms with Crippen LogP contribution in [0.2, 0.25) is 0 Å². The number of carbonyl (C=O) groups excluding carboxylic acids is 1. The number of nitrogens with one attached hydrogen (secondary N) is 1. The van der Waals surface area contributed by atoms with Crippen molar-refractivity contribution in [2.75, 3.05) is 26.4 Å². The van der Waals surface area contributed by atoms with Crippen molar-refractivity contribution in [2.24, 2.45) is 5.10 Å². The van der Waals surface area contributed by atoms with Crippen molar-refractivity contribution in [2.45, 2.75) is 26.2 Å². The Kier molecular flexibility index (Phi) is 4.58. The van der Waals surface area contributed by atoms with Crippen LogP contribution in [0.5, 0.6) is 11.5 Å². The largest absolute Gasteiger partial charge is 0.454 e. The fourth-order valence-electron chi connectivity index (χ4n) is 2.69. The predicted octanol–water partition coefficient (Wildman–Crippen LogP) is 2.01. The summed E-state index contributed by atoms with van der Waals surface area (Å²) in [7, 11) is 0. The number of amides is 1. The first-order valence-electron chi connectivity index (χ1n) is 7.74. The fraction of sp³-hybridized carbons (Fsp3) is 0.500. The summed E-state index contributed by atoms with van der Waals surface area (Å²) >= 11 is 0. The Morgan fingerprint density at radius 2 is 2.05 bits per heavy atom. The third kappa shape index (κ3) is 3.39. The average Bonchev–Trinajstić information content (AvgIpc) is 3.01. The molecule has 2 heterocycles. The van der Waals surface area contributed by atoms with Crippen molar-refractivity contribution >= 4 is 11.6 Å². The van der Waals surface area contributed by atoms with Gasteiger partial charge in [0.25, 0.3) is 5.91 Å². The molecular formula is C16H21N3O3. The van der Waals surface area contributed by atoms with E-state index in [1.807, 2.05) is 0 Å². The molecule has 0 atom stereocenters. The lowest BCUT2D eigenvalue weighted by molar-refractivity contribution is 0.0954. The number of fused-ring (bicyclic) bond motifs is 1. The number of likely N-dealkylation sites (tertiary alicyclic amines) is 1. The third-order valence-electron chi connectivity index (χ3n) is 3.92. The van der Waals surface area contributed by atoms with Crippen LogP contribution in [0.25, 0.3) is 0 Å². The molecule has 6 heteroatoms. The van der Waals surface area contributed by atoms with Gasteiger partial charge in [-0.3, -0.25) is 4.79 Å². The summed E-state index contributed by atoms with van der Waals surface area (Å²) in [5.74, 6) is 1.06. The monoisotopic (exact) mass is 303 g/mol. The molecule has 1 aromatic rings. The van der Waals surface area contributed by atoms with E-state index in [1.54, 1.807) is 18.2 Å². The lowest BCUT2D eigenvalue weighted by Crippen LogP contribution is -2.35. The van der Waals surface area contributed by atoms with E-state index in [0.29, 0.717) is 17.1 Å². The maximum absolute atomic E-state index is 12.1. The van der Waals surface area contributed by atoms with Crippen LogP contribution in [-0.4, -0.2) is 42.9 Å². The zero-order chi connectivity index (χ0) is 15.4. The Labute approximate surface area is 130 Å². The standard InChI is InChI=1S/C16H21N3O3/c1-2-7-19-8-5-13(6-9-19)17-18-16(20)12-3-4-14-15(10-12)22-11-21-14/h3-4,10H,2,5-9,11H2,1H3,(H,18,20). The number of benzene rings is 1. The van der Waals surface area contributed by atoms with Crippen LogP contribution < -0.4 is 14.9 Å². The number of hydrogen-bond donors (Lipinski definition) is 1. The molecule has 1 amide bonds.